The van der Waals surface area contributed by atoms with E-state index in [1.165, 1.54) is 28.4 Å². The van der Waals surface area contributed by atoms with E-state index < -0.39 is 46.2 Å². The average Bonchev–Trinajstić information content (AvgIpc) is 3.40. The largest absolute Gasteiger partial charge is 0.497 e. The van der Waals surface area contributed by atoms with Crippen molar-refractivity contribution in [3.05, 3.63) is 54.1 Å². The Balaban J connectivity index is 1.77. The lowest BCUT2D eigenvalue weighted by Gasteiger charge is -2.26. The Morgan fingerprint density at radius 1 is 1.03 bits per heavy atom. The number of sulfonamides is 1. The SMILES string of the molecule is COc1ccc(S(=O)(=O)N2CCC[C@H]2C(=O)N[C@@H](Cc2ccc(OC(=O)N(C)C)cc2)C(=O)OC(C)C)cc1. The van der Waals surface area contributed by atoms with Gasteiger partial charge in [0.15, 0.2) is 0 Å². The maximum atomic E-state index is 13.4. The summed E-state index contributed by atoms with van der Waals surface area (Å²) in [7, 11) is 0.664. The fourth-order valence-corrected chi connectivity index (χ4v) is 5.73. The van der Waals surface area contributed by atoms with Crippen molar-refractivity contribution in [1.82, 2.24) is 14.5 Å². The van der Waals surface area contributed by atoms with Crippen molar-refractivity contribution in [2.24, 2.45) is 0 Å². The van der Waals surface area contributed by atoms with E-state index in [0.29, 0.717) is 29.9 Å². The minimum atomic E-state index is -3.96. The number of benzene rings is 2. The molecule has 0 aliphatic carbocycles. The molecular weight excluding hydrogens is 526 g/mol. The van der Waals surface area contributed by atoms with E-state index in [-0.39, 0.29) is 17.9 Å². The van der Waals surface area contributed by atoms with Crippen LogP contribution >= 0.6 is 0 Å². The van der Waals surface area contributed by atoms with Crippen LogP contribution in [-0.4, -0.2) is 81.5 Å². The standard InChI is InChI=1S/C27H35N3O8S/c1-18(2)37-26(32)23(17-19-8-10-21(11-9-19)38-27(33)29(3)4)28-25(31)24-7-6-16-30(24)39(34,35)22-14-12-20(36-5)13-15-22/h8-15,18,23-24H,6-7,16-17H2,1-5H3,(H,28,31)/t23-,24-/m0/s1. The molecule has 12 heteroatoms. The molecule has 0 bridgehead atoms. The molecule has 0 aromatic heterocycles. The third kappa shape index (κ3) is 7.70. The zero-order valence-corrected chi connectivity index (χ0v) is 23.6. The highest BCUT2D eigenvalue weighted by atomic mass is 32.2. The zero-order chi connectivity index (χ0) is 28.7. The topological polar surface area (TPSA) is 132 Å². The highest BCUT2D eigenvalue weighted by Gasteiger charge is 2.40. The lowest BCUT2D eigenvalue weighted by atomic mass is 10.0. The van der Waals surface area contributed by atoms with Gasteiger partial charge < -0.3 is 24.4 Å². The third-order valence-corrected chi connectivity index (χ3v) is 7.98. The van der Waals surface area contributed by atoms with E-state index in [9.17, 15) is 22.8 Å². The second-order valence-electron chi connectivity index (χ2n) is 9.61. The number of amides is 2. The van der Waals surface area contributed by atoms with Gasteiger partial charge in [0.2, 0.25) is 15.9 Å². The Morgan fingerprint density at radius 2 is 1.64 bits per heavy atom. The molecular formula is C27H35N3O8S. The number of carbonyl (C=O) groups excluding carboxylic acids is 3. The van der Waals surface area contributed by atoms with E-state index in [0.717, 1.165) is 0 Å². The molecule has 0 spiro atoms. The predicted octanol–water partition coefficient (Wildman–Crippen LogP) is 2.59. The van der Waals surface area contributed by atoms with Crippen LogP contribution in [0, 0.1) is 0 Å². The summed E-state index contributed by atoms with van der Waals surface area (Å²) in [6, 6.07) is 10.5. The molecule has 2 atom stereocenters. The lowest BCUT2D eigenvalue weighted by Crippen LogP contribution is -2.52. The first kappa shape index (κ1) is 29.9. The first-order valence-electron chi connectivity index (χ1n) is 12.6. The zero-order valence-electron chi connectivity index (χ0n) is 22.7. The minimum Gasteiger partial charge on any atom is -0.497 e. The van der Waals surface area contributed by atoms with E-state index >= 15 is 0 Å². The van der Waals surface area contributed by atoms with Gasteiger partial charge in [0.1, 0.15) is 23.6 Å². The van der Waals surface area contributed by atoms with Crippen LogP contribution in [-0.2, 0) is 30.8 Å². The summed E-state index contributed by atoms with van der Waals surface area (Å²) in [5.74, 6) is -0.371. The van der Waals surface area contributed by atoms with Gasteiger partial charge in [-0.3, -0.25) is 4.79 Å². The summed E-state index contributed by atoms with van der Waals surface area (Å²) in [6.07, 6.45) is -0.0277. The molecule has 1 saturated heterocycles. The van der Waals surface area contributed by atoms with Gasteiger partial charge in [-0.1, -0.05) is 12.1 Å². The summed E-state index contributed by atoms with van der Waals surface area (Å²) in [5.41, 5.74) is 0.680. The number of nitrogens with zero attached hydrogens (tertiary/aromatic N) is 2. The molecule has 2 aromatic rings. The molecule has 2 aromatic carbocycles. The summed E-state index contributed by atoms with van der Waals surface area (Å²) in [6.45, 7) is 3.58. The molecule has 39 heavy (non-hydrogen) atoms. The quantitative estimate of drug-likeness (QED) is 0.438. The molecule has 2 amide bonds. The number of methoxy groups -OCH3 is 1. The van der Waals surface area contributed by atoms with Crippen LogP contribution in [0.5, 0.6) is 11.5 Å². The molecule has 212 valence electrons. The monoisotopic (exact) mass is 561 g/mol. The Labute approximate surface area is 229 Å². The predicted molar refractivity (Wildman–Crippen MR) is 143 cm³/mol. The van der Waals surface area contributed by atoms with Crippen LogP contribution in [0.15, 0.2) is 53.4 Å². The van der Waals surface area contributed by atoms with Crippen molar-refractivity contribution in [3.63, 3.8) is 0 Å². The Kier molecular flexibility index (Phi) is 9.92. The highest BCUT2D eigenvalue weighted by Crippen LogP contribution is 2.27. The first-order valence-corrected chi connectivity index (χ1v) is 14.0. The molecule has 11 nitrogen and oxygen atoms in total. The Hall–Kier alpha value is -3.64. The van der Waals surface area contributed by atoms with Crippen LogP contribution in [0.3, 0.4) is 0 Å². The Morgan fingerprint density at radius 3 is 2.21 bits per heavy atom. The van der Waals surface area contributed by atoms with E-state index in [4.69, 9.17) is 14.2 Å². The van der Waals surface area contributed by atoms with Gasteiger partial charge >= 0.3 is 12.1 Å². The summed E-state index contributed by atoms with van der Waals surface area (Å²) >= 11 is 0. The molecule has 1 fully saturated rings. The van der Waals surface area contributed by atoms with Crippen LogP contribution < -0.4 is 14.8 Å². The van der Waals surface area contributed by atoms with Gasteiger partial charge in [-0.05, 0) is 68.7 Å². The normalized spacial score (nSPS) is 16.4. The molecule has 1 heterocycles. The molecule has 1 aliphatic heterocycles. The summed E-state index contributed by atoms with van der Waals surface area (Å²) in [5, 5.41) is 2.71. The van der Waals surface area contributed by atoms with Crippen molar-refractivity contribution in [3.8, 4) is 11.5 Å². The maximum Gasteiger partial charge on any atom is 0.414 e. The van der Waals surface area contributed by atoms with Crippen LogP contribution in [0.4, 0.5) is 4.79 Å². The van der Waals surface area contributed by atoms with Crippen LogP contribution in [0.25, 0.3) is 0 Å². The molecule has 0 saturated carbocycles. The summed E-state index contributed by atoms with van der Waals surface area (Å²) in [4.78, 5) is 39.4. The molecule has 0 radical (unpaired) electrons. The number of rotatable bonds is 10. The second-order valence-corrected chi connectivity index (χ2v) is 11.5. The summed E-state index contributed by atoms with van der Waals surface area (Å²) < 4.78 is 43.5. The molecule has 0 unspecified atom stereocenters. The smallest absolute Gasteiger partial charge is 0.414 e. The fraction of sp³-hybridized carbons (Fsp3) is 0.444. The lowest BCUT2D eigenvalue weighted by molar-refractivity contribution is -0.151. The minimum absolute atomic E-state index is 0.0498. The van der Waals surface area contributed by atoms with Crippen molar-refractivity contribution < 1.29 is 37.0 Å². The fourth-order valence-electron chi connectivity index (χ4n) is 4.07. The van der Waals surface area contributed by atoms with Crippen LogP contribution in [0.2, 0.25) is 0 Å². The number of esters is 1. The number of ether oxygens (including phenoxy) is 3. The van der Waals surface area contributed by atoms with Crippen molar-refractivity contribution in [2.75, 3.05) is 27.7 Å². The number of hydrogen-bond acceptors (Lipinski definition) is 8. The van der Waals surface area contributed by atoms with Gasteiger partial charge in [-0.2, -0.15) is 4.31 Å². The van der Waals surface area contributed by atoms with Crippen molar-refractivity contribution in [2.45, 2.75) is 56.2 Å². The van der Waals surface area contributed by atoms with E-state index in [1.807, 2.05) is 0 Å². The van der Waals surface area contributed by atoms with E-state index in [1.54, 1.807) is 64.3 Å². The number of nitrogens with one attached hydrogen (secondary N) is 1. The second kappa shape index (κ2) is 12.9. The van der Waals surface area contributed by atoms with Gasteiger partial charge in [-0.15, -0.1) is 0 Å². The number of carbonyl (C=O) groups is 3. The van der Waals surface area contributed by atoms with Gasteiger partial charge in [0.25, 0.3) is 0 Å². The Bertz CT molecular complexity index is 1260. The molecule has 1 N–H and O–H groups in total. The van der Waals surface area contributed by atoms with Crippen LogP contribution in [0.1, 0.15) is 32.3 Å². The van der Waals surface area contributed by atoms with Crippen molar-refractivity contribution >= 4 is 28.0 Å². The van der Waals surface area contributed by atoms with Gasteiger partial charge in [0.05, 0.1) is 18.1 Å². The molecule has 1 aliphatic rings. The third-order valence-electron chi connectivity index (χ3n) is 6.06. The van der Waals surface area contributed by atoms with E-state index in [2.05, 4.69) is 5.32 Å². The van der Waals surface area contributed by atoms with Gasteiger partial charge in [0, 0.05) is 27.1 Å². The average molecular weight is 562 g/mol. The van der Waals surface area contributed by atoms with Crippen molar-refractivity contribution in [1.29, 1.82) is 0 Å². The first-order chi connectivity index (χ1) is 18.4. The molecule has 3 rings (SSSR count). The van der Waals surface area contributed by atoms with Gasteiger partial charge in [-0.25, -0.2) is 18.0 Å². The maximum absolute atomic E-state index is 13.4. The highest BCUT2D eigenvalue weighted by molar-refractivity contribution is 7.89. The number of hydrogen-bond donors (Lipinski definition) is 1.